The van der Waals surface area contributed by atoms with Crippen LogP contribution in [0.25, 0.3) is 0 Å². The second-order valence-corrected chi connectivity index (χ2v) is 4.13. The summed E-state index contributed by atoms with van der Waals surface area (Å²) in [5, 5.41) is 6.97. The maximum absolute atomic E-state index is 10.8. The van der Waals surface area contributed by atoms with Gasteiger partial charge in [0.1, 0.15) is 5.69 Å². The van der Waals surface area contributed by atoms with Crippen LogP contribution in [0.5, 0.6) is 0 Å². The lowest BCUT2D eigenvalue weighted by molar-refractivity contribution is 0.138. The molecule has 0 radical (unpaired) electrons. The average Bonchev–Trinajstić information content (AvgIpc) is 2.72. The van der Waals surface area contributed by atoms with E-state index in [0.29, 0.717) is 12.5 Å². The van der Waals surface area contributed by atoms with Crippen LogP contribution in [0.4, 0.5) is 4.79 Å². The van der Waals surface area contributed by atoms with Gasteiger partial charge in [0.2, 0.25) is 0 Å². The van der Waals surface area contributed by atoms with Crippen LogP contribution in [-0.4, -0.2) is 22.4 Å². The third-order valence-electron chi connectivity index (χ3n) is 2.22. The predicted octanol–water partition coefficient (Wildman–Crippen LogP) is 1.32. The van der Waals surface area contributed by atoms with Crippen molar-refractivity contribution < 1.29 is 9.53 Å². The standard InChI is InChI=1S/C10H15N3O2/c1-7(2)6-13-4-3-8(12-13)9-5-11-10(14)15-9/h3-4,7,9H,5-6H2,1-2H3,(H,11,14). The van der Waals surface area contributed by atoms with Gasteiger partial charge < -0.3 is 10.1 Å². The Kier molecular flexibility index (Phi) is 2.62. The fourth-order valence-electron chi connectivity index (χ4n) is 1.58. The Bertz CT molecular complexity index is 359. The molecule has 5 heteroatoms. The highest BCUT2D eigenvalue weighted by Crippen LogP contribution is 2.18. The number of amides is 1. The van der Waals surface area contributed by atoms with Gasteiger partial charge in [0, 0.05) is 12.7 Å². The van der Waals surface area contributed by atoms with Crippen molar-refractivity contribution in [2.24, 2.45) is 5.92 Å². The highest BCUT2D eigenvalue weighted by molar-refractivity contribution is 5.69. The van der Waals surface area contributed by atoms with E-state index in [4.69, 9.17) is 4.74 Å². The Morgan fingerprint density at radius 1 is 1.73 bits per heavy atom. The molecule has 1 unspecified atom stereocenters. The zero-order chi connectivity index (χ0) is 10.8. The van der Waals surface area contributed by atoms with Gasteiger partial charge in [-0.25, -0.2) is 4.79 Å². The van der Waals surface area contributed by atoms with E-state index in [1.54, 1.807) is 0 Å². The fourth-order valence-corrected chi connectivity index (χ4v) is 1.58. The molecule has 1 atom stereocenters. The molecular formula is C10H15N3O2. The summed E-state index contributed by atoms with van der Waals surface area (Å²) >= 11 is 0. The van der Waals surface area contributed by atoms with Crippen molar-refractivity contribution in [3.63, 3.8) is 0 Å². The number of carbonyl (C=O) groups excluding carboxylic acids is 1. The molecule has 5 nitrogen and oxygen atoms in total. The molecule has 1 amide bonds. The molecule has 2 heterocycles. The first kappa shape index (κ1) is 10.0. The Balaban J connectivity index is 2.03. The zero-order valence-electron chi connectivity index (χ0n) is 8.93. The molecule has 0 bridgehead atoms. The van der Waals surface area contributed by atoms with Gasteiger partial charge in [-0.05, 0) is 12.0 Å². The Labute approximate surface area is 88.4 Å². The molecule has 1 N–H and O–H groups in total. The number of aromatic nitrogens is 2. The monoisotopic (exact) mass is 209 g/mol. The Morgan fingerprint density at radius 2 is 2.53 bits per heavy atom. The van der Waals surface area contributed by atoms with Crippen molar-refractivity contribution in [2.45, 2.75) is 26.5 Å². The van der Waals surface area contributed by atoms with Gasteiger partial charge in [-0.15, -0.1) is 0 Å². The number of cyclic esters (lactones) is 1. The predicted molar refractivity (Wildman–Crippen MR) is 54.3 cm³/mol. The summed E-state index contributed by atoms with van der Waals surface area (Å²) in [5.74, 6) is 0.557. The lowest BCUT2D eigenvalue weighted by atomic mass is 10.2. The summed E-state index contributed by atoms with van der Waals surface area (Å²) in [4.78, 5) is 10.8. The Morgan fingerprint density at radius 3 is 3.13 bits per heavy atom. The van der Waals surface area contributed by atoms with Crippen molar-refractivity contribution >= 4 is 6.09 Å². The maximum Gasteiger partial charge on any atom is 0.408 e. The molecule has 0 saturated carbocycles. The lowest BCUT2D eigenvalue weighted by Gasteiger charge is -2.05. The van der Waals surface area contributed by atoms with Crippen LogP contribution in [0.1, 0.15) is 25.6 Å². The van der Waals surface area contributed by atoms with Crippen molar-refractivity contribution in [3.05, 3.63) is 18.0 Å². The van der Waals surface area contributed by atoms with Gasteiger partial charge in [0.05, 0.1) is 6.54 Å². The number of carbonyl (C=O) groups is 1. The number of ether oxygens (including phenoxy) is 1. The summed E-state index contributed by atoms with van der Waals surface area (Å²) in [7, 11) is 0. The molecule has 2 rings (SSSR count). The zero-order valence-corrected chi connectivity index (χ0v) is 8.93. The smallest absolute Gasteiger partial charge is 0.408 e. The molecule has 1 fully saturated rings. The number of hydrogen-bond donors (Lipinski definition) is 1. The van der Waals surface area contributed by atoms with Gasteiger partial charge in [-0.1, -0.05) is 13.8 Å². The molecule has 0 spiro atoms. The quantitative estimate of drug-likeness (QED) is 0.816. The first-order valence-electron chi connectivity index (χ1n) is 5.13. The highest BCUT2D eigenvalue weighted by Gasteiger charge is 2.25. The van der Waals surface area contributed by atoms with Crippen LogP contribution in [-0.2, 0) is 11.3 Å². The first-order chi connectivity index (χ1) is 7.15. The van der Waals surface area contributed by atoms with Crippen LogP contribution < -0.4 is 5.32 Å². The largest absolute Gasteiger partial charge is 0.438 e. The van der Waals surface area contributed by atoms with Gasteiger partial charge in [-0.2, -0.15) is 5.10 Å². The molecule has 1 saturated heterocycles. The average molecular weight is 209 g/mol. The van der Waals surface area contributed by atoms with Gasteiger partial charge >= 0.3 is 6.09 Å². The van der Waals surface area contributed by atoms with E-state index < -0.39 is 0 Å². The molecule has 0 aliphatic carbocycles. The van der Waals surface area contributed by atoms with Crippen molar-refractivity contribution in [1.29, 1.82) is 0 Å². The van der Waals surface area contributed by atoms with E-state index in [2.05, 4.69) is 24.3 Å². The Hall–Kier alpha value is -1.52. The SMILES string of the molecule is CC(C)Cn1ccc(C2CNC(=O)O2)n1. The molecule has 1 aromatic heterocycles. The topological polar surface area (TPSA) is 56.2 Å². The molecule has 15 heavy (non-hydrogen) atoms. The van der Waals surface area contributed by atoms with E-state index in [9.17, 15) is 4.79 Å². The van der Waals surface area contributed by atoms with Crippen molar-refractivity contribution in [3.8, 4) is 0 Å². The molecule has 1 aliphatic heterocycles. The summed E-state index contributed by atoms with van der Waals surface area (Å²) in [5.41, 5.74) is 0.814. The van der Waals surface area contributed by atoms with E-state index >= 15 is 0 Å². The highest BCUT2D eigenvalue weighted by atomic mass is 16.6. The number of nitrogens with zero attached hydrogens (tertiary/aromatic N) is 2. The summed E-state index contributed by atoms with van der Waals surface area (Å²) in [6, 6.07) is 1.90. The van der Waals surface area contributed by atoms with Crippen LogP contribution in [0.15, 0.2) is 12.3 Å². The second-order valence-electron chi connectivity index (χ2n) is 4.13. The van der Waals surface area contributed by atoms with Crippen LogP contribution in [0.3, 0.4) is 0 Å². The van der Waals surface area contributed by atoms with Gasteiger partial charge in [0.15, 0.2) is 6.10 Å². The van der Waals surface area contributed by atoms with Crippen LogP contribution in [0, 0.1) is 5.92 Å². The normalized spacial score (nSPS) is 20.5. The second kappa shape index (κ2) is 3.92. The molecule has 0 aromatic carbocycles. The van der Waals surface area contributed by atoms with Gasteiger partial charge in [-0.3, -0.25) is 4.68 Å². The molecule has 1 aliphatic rings. The summed E-state index contributed by atoms with van der Waals surface area (Å²) < 4.78 is 6.92. The van der Waals surface area contributed by atoms with E-state index in [-0.39, 0.29) is 12.2 Å². The minimum atomic E-state index is -0.363. The molecule has 82 valence electrons. The third-order valence-corrected chi connectivity index (χ3v) is 2.22. The van der Waals surface area contributed by atoms with E-state index in [1.165, 1.54) is 0 Å². The number of nitrogens with one attached hydrogen (secondary N) is 1. The number of rotatable bonds is 3. The van der Waals surface area contributed by atoms with Crippen molar-refractivity contribution in [2.75, 3.05) is 6.54 Å². The summed E-state index contributed by atoms with van der Waals surface area (Å²) in [6.45, 7) is 5.67. The van der Waals surface area contributed by atoms with Crippen LogP contribution in [0.2, 0.25) is 0 Å². The first-order valence-corrected chi connectivity index (χ1v) is 5.13. The minimum Gasteiger partial charge on any atom is -0.438 e. The minimum absolute atomic E-state index is 0.231. The third kappa shape index (κ3) is 2.29. The van der Waals surface area contributed by atoms with Gasteiger partial charge in [0.25, 0.3) is 0 Å². The maximum atomic E-state index is 10.8. The summed E-state index contributed by atoms with van der Waals surface area (Å²) in [6.07, 6.45) is 1.32. The number of hydrogen-bond acceptors (Lipinski definition) is 3. The number of alkyl carbamates (subject to hydrolysis) is 1. The fraction of sp³-hybridized carbons (Fsp3) is 0.600. The van der Waals surface area contributed by atoms with Crippen molar-refractivity contribution in [1.82, 2.24) is 15.1 Å². The van der Waals surface area contributed by atoms with E-state index in [0.717, 1.165) is 12.2 Å². The van der Waals surface area contributed by atoms with Crippen LogP contribution >= 0.6 is 0 Å². The molecule has 1 aromatic rings. The van der Waals surface area contributed by atoms with E-state index in [1.807, 2.05) is 16.9 Å². The lowest BCUT2D eigenvalue weighted by Crippen LogP contribution is -2.12. The molecular weight excluding hydrogens is 194 g/mol.